The van der Waals surface area contributed by atoms with Gasteiger partial charge in [0.2, 0.25) is 0 Å². The molecular weight excluding hydrogens is 158 g/mol. The van der Waals surface area contributed by atoms with Gasteiger partial charge in [0.1, 0.15) is 0 Å². The van der Waals surface area contributed by atoms with Gasteiger partial charge < -0.3 is 4.90 Å². The largest absolute Gasteiger partial charge is 0.303 e. The van der Waals surface area contributed by atoms with E-state index >= 15 is 0 Å². The van der Waals surface area contributed by atoms with Crippen LogP contribution in [0.15, 0.2) is 0 Å². The molecule has 0 bridgehead atoms. The number of rotatable bonds is 1. The van der Waals surface area contributed by atoms with Gasteiger partial charge in [0, 0.05) is 12.6 Å². The van der Waals surface area contributed by atoms with Crippen molar-refractivity contribution in [3.8, 4) is 0 Å². The van der Waals surface area contributed by atoms with Crippen LogP contribution in [-0.2, 0) is 0 Å². The van der Waals surface area contributed by atoms with E-state index in [1.54, 1.807) is 0 Å². The molecule has 4 unspecified atom stereocenters. The standard InChI is InChI=1S/C12H23N/c1-6-11-12(4)9(3)8(2)10(12)7-13(11)5/h8-11H,6-7H2,1-5H3/t8?,9?,10?,11-,12?/m1/s1. The first-order chi connectivity index (χ1) is 6.03. The Balaban J connectivity index is 2.24. The minimum absolute atomic E-state index is 0.628. The molecule has 2 rings (SSSR count). The molecule has 0 radical (unpaired) electrons. The molecule has 1 saturated carbocycles. The van der Waals surface area contributed by atoms with Gasteiger partial charge in [-0.15, -0.1) is 0 Å². The minimum Gasteiger partial charge on any atom is -0.303 e. The number of hydrogen-bond acceptors (Lipinski definition) is 1. The Labute approximate surface area is 82.5 Å². The van der Waals surface area contributed by atoms with E-state index in [4.69, 9.17) is 0 Å². The molecule has 2 fully saturated rings. The van der Waals surface area contributed by atoms with E-state index in [-0.39, 0.29) is 0 Å². The molecule has 0 spiro atoms. The van der Waals surface area contributed by atoms with Crippen LogP contribution in [0, 0.1) is 23.2 Å². The van der Waals surface area contributed by atoms with E-state index in [0.29, 0.717) is 5.41 Å². The summed E-state index contributed by atoms with van der Waals surface area (Å²) in [7, 11) is 2.30. The molecule has 0 N–H and O–H groups in total. The number of fused-ring (bicyclic) bond motifs is 1. The van der Waals surface area contributed by atoms with Crippen molar-refractivity contribution in [3.05, 3.63) is 0 Å². The maximum atomic E-state index is 2.59. The van der Waals surface area contributed by atoms with Gasteiger partial charge in [0.15, 0.2) is 0 Å². The second-order valence-electron chi connectivity index (χ2n) is 5.48. The molecule has 0 amide bonds. The molecule has 1 aliphatic heterocycles. The van der Waals surface area contributed by atoms with Gasteiger partial charge in [-0.1, -0.05) is 27.7 Å². The highest BCUT2D eigenvalue weighted by Gasteiger charge is 2.62. The first kappa shape index (κ1) is 9.51. The first-order valence-electron chi connectivity index (χ1n) is 5.73. The first-order valence-corrected chi connectivity index (χ1v) is 5.73. The Kier molecular flexibility index (Phi) is 1.99. The van der Waals surface area contributed by atoms with Crippen molar-refractivity contribution in [2.75, 3.05) is 13.6 Å². The Hall–Kier alpha value is -0.0400. The maximum Gasteiger partial charge on any atom is 0.0149 e. The molecule has 2 aliphatic rings. The third-order valence-corrected chi connectivity index (χ3v) is 5.32. The lowest BCUT2D eigenvalue weighted by Crippen LogP contribution is -2.55. The van der Waals surface area contributed by atoms with Crippen LogP contribution in [0.2, 0.25) is 0 Å². The molecule has 1 heteroatoms. The van der Waals surface area contributed by atoms with Gasteiger partial charge in [-0.3, -0.25) is 0 Å². The predicted molar refractivity (Wildman–Crippen MR) is 56.6 cm³/mol. The maximum absolute atomic E-state index is 2.59. The van der Waals surface area contributed by atoms with E-state index in [1.807, 2.05) is 0 Å². The van der Waals surface area contributed by atoms with Crippen molar-refractivity contribution in [2.24, 2.45) is 23.2 Å². The van der Waals surface area contributed by atoms with Crippen LogP contribution >= 0.6 is 0 Å². The van der Waals surface area contributed by atoms with E-state index in [1.165, 1.54) is 13.0 Å². The van der Waals surface area contributed by atoms with E-state index < -0.39 is 0 Å². The highest BCUT2D eigenvalue weighted by atomic mass is 15.2. The predicted octanol–water partition coefficient (Wildman–Crippen LogP) is 2.62. The lowest BCUT2D eigenvalue weighted by molar-refractivity contribution is -0.0750. The minimum atomic E-state index is 0.628. The normalized spacial score (nSPS) is 56.1. The fourth-order valence-electron chi connectivity index (χ4n) is 4.28. The third kappa shape index (κ3) is 0.918. The highest BCUT2D eigenvalue weighted by molar-refractivity contribution is 5.12. The summed E-state index contributed by atoms with van der Waals surface area (Å²) in [4.78, 5) is 2.59. The zero-order valence-electron chi connectivity index (χ0n) is 9.67. The topological polar surface area (TPSA) is 3.24 Å². The van der Waals surface area contributed by atoms with E-state index in [0.717, 1.165) is 23.8 Å². The summed E-state index contributed by atoms with van der Waals surface area (Å²) in [6.45, 7) is 11.1. The van der Waals surface area contributed by atoms with Gasteiger partial charge >= 0.3 is 0 Å². The molecule has 0 aromatic rings. The monoisotopic (exact) mass is 181 g/mol. The van der Waals surface area contributed by atoms with Crippen LogP contribution in [0.4, 0.5) is 0 Å². The fourth-order valence-corrected chi connectivity index (χ4v) is 4.28. The lowest BCUT2D eigenvalue weighted by atomic mass is 9.48. The zero-order valence-corrected chi connectivity index (χ0v) is 9.67. The van der Waals surface area contributed by atoms with Crippen LogP contribution in [0.5, 0.6) is 0 Å². The average molecular weight is 181 g/mol. The number of likely N-dealkylation sites (tertiary alicyclic amines) is 1. The summed E-state index contributed by atoms with van der Waals surface area (Å²) in [6, 6.07) is 0.837. The molecule has 1 aliphatic carbocycles. The summed E-state index contributed by atoms with van der Waals surface area (Å²) in [5, 5.41) is 0. The van der Waals surface area contributed by atoms with Crippen molar-refractivity contribution < 1.29 is 0 Å². The van der Waals surface area contributed by atoms with E-state index in [9.17, 15) is 0 Å². The second-order valence-corrected chi connectivity index (χ2v) is 5.48. The zero-order chi connectivity index (χ0) is 9.80. The third-order valence-electron chi connectivity index (χ3n) is 5.32. The quantitative estimate of drug-likeness (QED) is 0.601. The Bertz CT molecular complexity index is 213. The summed E-state index contributed by atoms with van der Waals surface area (Å²) in [5.74, 6) is 2.84. The van der Waals surface area contributed by atoms with Gasteiger partial charge in [-0.05, 0) is 36.6 Å². The lowest BCUT2D eigenvalue weighted by Gasteiger charge is -2.56. The van der Waals surface area contributed by atoms with Gasteiger partial charge in [0.05, 0.1) is 0 Å². The molecule has 76 valence electrons. The number of nitrogens with zero attached hydrogens (tertiary/aromatic N) is 1. The fraction of sp³-hybridized carbons (Fsp3) is 1.00. The summed E-state index contributed by atoms with van der Waals surface area (Å²) in [5.41, 5.74) is 0.628. The Morgan fingerprint density at radius 2 is 2.00 bits per heavy atom. The molecular formula is C12H23N. The summed E-state index contributed by atoms with van der Waals surface area (Å²) in [6.07, 6.45) is 1.32. The molecule has 1 heterocycles. The van der Waals surface area contributed by atoms with Crippen molar-refractivity contribution in [1.29, 1.82) is 0 Å². The van der Waals surface area contributed by atoms with Crippen molar-refractivity contribution in [2.45, 2.75) is 40.2 Å². The number of hydrogen-bond donors (Lipinski definition) is 0. The van der Waals surface area contributed by atoms with Gasteiger partial charge in [-0.25, -0.2) is 0 Å². The van der Waals surface area contributed by atoms with Crippen LogP contribution in [0.25, 0.3) is 0 Å². The Morgan fingerprint density at radius 3 is 2.54 bits per heavy atom. The van der Waals surface area contributed by atoms with Gasteiger partial charge in [0.25, 0.3) is 0 Å². The SMILES string of the molecule is CC[C@H]1N(C)CC2C(C)C(C)C21C. The van der Waals surface area contributed by atoms with Crippen molar-refractivity contribution in [1.82, 2.24) is 4.90 Å². The molecule has 0 aromatic heterocycles. The molecule has 1 saturated heterocycles. The van der Waals surface area contributed by atoms with Crippen LogP contribution in [0.1, 0.15) is 34.1 Å². The van der Waals surface area contributed by atoms with Gasteiger partial charge in [-0.2, -0.15) is 0 Å². The Morgan fingerprint density at radius 1 is 1.38 bits per heavy atom. The van der Waals surface area contributed by atoms with Crippen molar-refractivity contribution in [3.63, 3.8) is 0 Å². The summed E-state index contributed by atoms with van der Waals surface area (Å²) >= 11 is 0. The molecule has 13 heavy (non-hydrogen) atoms. The molecule has 5 atom stereocenters. The molecule has 0 aromatic carbocycles. The van der Waals surface area contributed by atoms with Crippen LogP contribution in [-0.4, -0.2) is 24.5 Å². The average Bonchev–Trinajstić information content (AvgIpc) is 2.35. The van der Waals surface area contributed by atoms with Crippen LogP contribution < -0.4 is 0 Å². The summed E-state index contributed by atoms with van der Waals surface area (Å²) < 4.78 is 0. The van der Waals surface area contributed by atoms with Crippen molar-refractivity contribution >= 4 is 0 Å². The highest BCUT2D eigenvalue weighted by Crippen LogP contribution is 2.62. The van der Waals surface area contributed by atoms with E-state index in [2.05, 4.69) is 39.6 Å². The smallest absolute Gasteiger partial charge is 0.0149 e. The van der Waals surface area contributed by atoms with Crippen LogP contribution in [0.3, 0.4) is 0 Å². The molecule has 1 nitrogen and oxygen atoms in total. The second kappa shape index (κ2) is 2.73.